The minimum Gasteiger partial charge on any atom is -0.338 e. The SMILES string of the molecule is Cc1ccc2c(c1)S/C(=C\C1=CC(=C/C3Sc4cc(C)ccc4[NH+]3C)/CC(c3ccccc3)C1)N2C. The summed E-state index contributed by atoms with van der Waals surface area (Å²) in [6.07, 6.45) is 9.61. The Labute approximate surface area is 223 Å². The molecule has 2 heterocycles. The summed E-state index contributed by atoms with van der Waals surface area (Å²) in [7, 11) is 4.50. The van der Waals surface area contributed by atoms with Crippen LogP contribution in [0.1, 0.15) is 35.4 Å². The van der Waals surface area contributed by atoms with Gasteiger partial charge >= 0.3 is 0 Å². The number of aryl methyl sites for hydroxylation is 2. The lowest BCUT2D eigenvalue weighted by atomic mass is 9.81. The van der Waals surface area contributed by atoms with E-state index in [1.807, 2.05) is 23.5 Å². The first-order chi connectivity index (χ1) is 17.4. The van der Waals surface area contributed by atoms with E-state index in [9.17, 15) is 0 Å². The van der Waals surface area contributed by atoms with Gasteiger partial charge in [0.2, 0.25) is 0 Å². The van der Waals surface area contributed by atoms with Crippen LogP contribution in [-0.4, -0.2) is 19.5 Å². The third kappa shape index (κ3) is 4.58. The Morgan fingerprint density at radius 3 is 2.47 bits per heavy atom. The van der Waals surface area contributed by atoms with E-state index in [0.717, 1.165) is 12.8 Å². The number of rotatable bonds is 3. The van der Waals surface area contributed by atoms with E-state index in [1.165, 1.54) is 58.9 Å². The van der Waals surface area contributed by atoms with Crippen molar-refractivity contribution in [3.63, 3.8) is 0 Å². The molecule has 36 heavy (non-hydrogen) atoms. The fourth-order valence-corrected chi connectivity index (χ4v) is 8.18. The van der Waals surface area contributed by atoms with Gasteiger partial charge in [-0.2, -0.15) is 0 Å². The quantitative estimate of drug-likeness (QED) is 0.394. The normalized spacial score (nSPS) is 25.3. The molecule has 0 bridgehead atoms. The largest absolute Gasteiger partial charge is 0.338 e. The number of fused-ring (bicyclic) bond motifs is 2. The second-order valence-corrected chi connectivity index (χ2v) is 12.6. The van der Waals surface area contributed by atoms with Crippen LogP contribution in [0.5, 0.6) is 0 Å². The van der Waals surface area contributed by atoms with Crippen LogP contribution < -0.4 is 9.80 Å². The van der Waals surface area contributed by atoms with E-state index in [-0.39, 0.29) is 0 Å². The predicted octanol–water partition coefficient (Wildman–Crippen LogP) is 7.40. The van der Waals surface area contributed by atoms with Crippen molar-refractivity contribution in [2.75, 3.05) is 19.0 Å². The molecular formula is C32H33N2S2+. The highest BCUT2D eigenvalue weighted by Crippen LogP contribution is 2.47. The van der Waals surface area contributed by atoms with Crippen molar-refractivity contribution < 1.29 is 4.90 Å². The predicted molar refractivity (Wildman–Crippen MR) is 155 cm³/mol. The van der Waals surface area contributed by atoms with Crippen molar-refractivity contribution in [1.29, 1.82) is 0 Å². The minimum absolute atomic E-state index is 0.409. The molecule has 2 aliphatic heterocycles. The van der Waals surface area contributed by atoms with E-state index in [0.29, 0.717) is 11.3 Å². The Hall–Kier alpha value is -2.66. The third-order valence-electron chi connectivity index (χ3n) is 7.54. The first kappa shape index (κ1) is 23.7. The molecule has 0 spiro atoms. The van der Waals surface area contributed by atoms with Crippen LogP contribution in [0, 0.1) is 13.8 Å². The van der Waals surface area contributed by atoms with Gasteiger partial charge in [-0.05, 0) is 90.8 Å². The zero-order valence-electron chi connectivity index (χ0n) is 21.4. The van der Waals surface area contributed by atoms with E-state index < -0.39 is 0 Å². The fraction of sp³-hybridized carbons (Fsp3) is 0.250. The molecule has 0 saturated carbocycles. The zero-order chi connectivity index (χ0) is 24.8. The molecule has 1 aliphatic carbocycles. The molecule has 0 radical (unpaired) electrons. The van der Waals surface area contributed by atoms with Gasteiger partial charge in [0, 0.05) is 18.0 Å². The Morgan fingerprint density at radius 2 is 1.67 bits per heavy atom. The van der Waals surface area contributed by atoms with Gasteiger partial charge in [0.1, 0.15) is 5.69 Å². The van der Waals surface area contributed by atoms with Gasteiger partial charge in [0.15, 0.2) is 5.37 Å². The van der Waals surface area contributed by atoms with Gasteiger partial charge in [0.25, 0.3) is 0 Å². The van der Waals surface area contributed by atoms with Crippen LogP contribution in [0.3, 0.4) is 0 Å². The summed E-state index contributed by atoms with van der Waals surface area (Å²) < 4.78 is 0. The van der Waals surface area contributed by atoms with Crippen molar-refractivity contribution in [3.8, 4) is 0 Å². The van der Waals surface area contributed by atoms with E-state index in [1.54, 1.807) is 0 Å². The Morgan fingerprint density at radius 1 is 0.917 bits per heavy atom. The molecule has 3 unspecified atom stereocenters. The second-order valence-electron chi connectivity index (χ2n) is 10.3. The summed E-state index contributed by atoms with van der Waals surface area (Å²) in [6.45, 7) is 4.36. The van der Waals surface area contributed by atoms with Crippen molar-refractivity contribution in [2.45, 2.75) is 47.8 Å². The smallest absolute Gasteiger partial charge is 0.163 e. The Bertz CT molecular complexity index is 1400. The first-order valence-electron chi connectivity index (χ1n) is 12.8. The molecule has 0 saturated heterocycles. The molecule has 0 amide bonds. The summed E-state index contributed by atoms with van der Waals surface area (Å²) in [4.78, 5) is 6.61. The highest BCUT2D eigenvalue weighted by molar-refractivity contribution is 8.03. The molecule has 1 N–H and O–H groups in total. The monoisotopic (exact) mass is 509 g/mol. The van der Waals surface area contributed by atoms with Crippen LogP contribution in [0.15, 0.2) is 111 Å². The molecule has 3 aromatic rings. The third-order valence-corrected chi connectivity index (χ3v) is 10.0. The highest BCUT2D eigenvalue weighted by Gasteiger charge is 2.32. The van der Waals surface area contributed by atoms with Crippen molar-refractivity contribution in [2.24, 2.45) is 0 Å². The number of nitrogens with one attached hydrogen (secondary N) is 1. The number of allylic oxidation sites excluding steroid dienone is 4. The van der Waals surface area contributed by atoms with Gasteiger partial charge in [-0.1, -0.05) is 72.1 Å². The van der Waals surface area contributed by atoms with Gasteiger partial charge in [-0.15, -0.1) is 0 Å². The van der Waals surface area contributed by atoms with Gasteiger partial charge in [-0.25, -0.2) is 0 Å². The van der Waals surface area contributed by atoms with Crippen molar-refractivity contribution in [3.05, 3.63) is 118 Å². The summed E-state index contributed by atoms with van der Waals surface area (Å²) in [5.74, 6) is 0.506. The van der Waals surface area contributed by atoms with Crippen LogP contribution in [0.2, 0.25) is 0 Å². The summed E-state index contributed by atoms with van der Waals surface area (Å²) in [5, 5.41) is 1.73. The van der Waals surface area contributed by atoms with Crippen molar-refractivity contribution in [1.82, 2.24) is 0 Å². The number of benzene rings is 3. The lowest BCUT2D eigenvalue weighted by molar-refractivity contribution is -0.812. The molecule has 3 aliphatic rings. The van der Waals surface area contributed by atoms with E-state index in [4.69, 9.17) is 0 Å². The average molecular weight is 510 g/mol. The molecule has 3 aromatic carbocycles. The maximum atomic E-state index is 2.53. The minimum atomic E-state index is 0.409. The number of nitrogens with zero attached hydrogens (tertiary/aromatic N) is 1. The molecule has 4 heteroatoms. The molecule has 6 rings (SSSR count). The van der Waals surface area contributed by atoms with E-state index in [2.05, 4.69) is 118 Å². The molecule has 0 fully saturated rings. The topological polar surface area (TPSA) is 7.68 Å². The van der Waals surface area contributed by atoms with Crippen LogP contribution in [0.4, 0.5) is 11.4 Å². The Kier molecular flexibility index (Phi) is 6.37. The molecule has 0 aromatic heterocycles. The molecular weight excluding hydrogens is 477 g/mol. The van der Waals surface area contributed by atoms with Crippen molar-refractivity contribution >= 4 is 34.9 Å². The van der Waals surface area contributed by atoms with Gasteiger partial charge in [-0.3, -0.25) is 4.90 Å². The zero-order valence-corrected chi connectivity index (χ0v) is 23.0. The Balaban J connectivity index is 1.33. The maximum Gasteiger partial charge on any atom is 0.163 e. The average Bonchev–Trinajstić information content (AvgIpc) is 3.34. The first-order valence-corrected chi connectivity index (χ1v) is 14.5. The van der Waals surface area contributed by atoms with Crippen LogP contribution >= 0.6 is 23.5 Å². The van der Waals surface area contributed by atoms with Gasteiger partial charge < -0.3 is 4.90 Å². The maximum absolute atomic E-state index is 2.53. The molecule has 3 atom stereocenters. The number of hydrogen-bond donors (Lipinski definition) is 1. The summed E-state index contributed by atoms with van der Waals surface area (Å²) in [6, 6.07) is 24.7. The number of likely N-dealkylation sites (N-methyl/N-ethyl adjacent to an activating group) is 1. The number of quaternary nitrogens is 1. The summed E-state index contributed by atoms with van der Waals surface area (Å²) in [5.41, 5.74) is 9.72. The van der Waals surface area contributed by atoms with Crippen LogP contribution in [-0.2, 0) is 0 Å². The fourth-order valence-electron chi connectivity index (χ4n) is 5.52. The lowest BCUT2D eigenvalue weighted by Crippen LogP contribution is -3.05. The standard InChI is InChI=1S/C32H32N2S2/c1-21-10-12-27-29(14-21)35-31(33(27)3)19-23-16-24(18-26(17-23)25-8-6-5-7-9-25)20-32-34(4)28-13-11-22(2)15-30(28)36-32/h5-16,19-20,26,31H,17-18H2,1-4H3/p+1/b23-19-,32-20-. The molecule has 182 valence electrons. The number of anilines is 1. The highest BCUT2D eigenvalue weighted by atomic mass is 32.2. The molecule has 2 nitrogen and oxygen atoms in total. The number of hydrogen-bond acceptors (Lipinski definition) is 3. The summed E-state index contributed by atoms with van der Waals surface area (Å²) >= 11 is 3.90. The van der Waals surface area contributed by atoms with Gasteiger partial charge in [0.05, 0.1) is 22.7 Å². The lowest BCUT2D eigenvalue weighted by Gasteiger charge is -2.26. The van der Waals surface area contributed by atoms with E-state index >= 15 is 0 Å². The van der Waals surface area contributed by atoms with Crippen LogP contribution in [0.25, 0.3) is 0 Å². The number of thioether (sulfide) groups is 2. The second kappa shape index (κ2) is 9.66.